The highest BCUT2D eigenvalue weighted by Gasteiger charge is 2.19. The number of hydrogen-bond acceptors (Lipinski definition) is 3. The third-order valence-corrected chi connectivity index (χ3v) is 2.49. The standard InChI is InChI=1S/C12H10N2O4.ClH/c1-7-5-9(15)13-11(16)10(7)14-4-2-3-8(6-14)12(17)18;/h2-6H,1H3,(H2-,13,15,16,17,18);1H. The average molecular weight is 283 g/mol. The Morgan fingerprint density at radius 2 is 2.11 bits per heavy atom. The van der Waals surface area contributed by atoms with Gasteiger partial charge < -0.3 is 22.6 Å². The number of nitrogens with zero attached hydrogens (tertiary/aromatic N) is 1. The van der Waals surface area contributed by atoms with Crippen LogP contribution in [0.5, 0.6) is 5.88 Å². The quantitative estimate of drug-likeness (QED) is 0.525. The van der Waals surface area contributed by atoms with E-state index in [1.807, 2.05) is 0 Å². The van der Waals surface area contributed by atoms with E-state index in [2.05, 4.69) is 4.98 Å². The predicted octanol–water partition coefficient (Wildman–Crippen LogP) is -2.63. The second-order valence-corrected chi connectivity index (χ2v) is 3.82. The first-order chi connectivity index (χ1) is 8.49. The second kappa shape index (κ2) is 5.53. The van der Waals surface area contributed by atoms with Crippen LogP contribution in [0, 0.1) is 6.92 Å². The van der Waals surface area contributed by atoms with Crippen molar-refractivity contribution in [2.24, 2.45) is 0 Å². The van der Waals surface area contributed by atoms with Crippen molar-refractivity contribution in [1.29, 1.82) is 0 Å². The number of aromatic carboxylic acids is 1. The van der Waals surface area contributed by atoms with Crippen molar-refractivity contribution in [2.75, 3.05) is 0 Å². The number of aromatic nitrogens is 2. The van der Waals surface area contributed by atoms with Crippen LogP contribution in [-0.2, 0) is 0 Å². The molecule has 0 atom stereocenters. The monoisotopic (exact) mass is 282 g/mol. The van der Waals surface area contributed by atoms with E-state index in [1.54, 1.807) is 19.2 Å². The molecule has 0 saturated carbocycles. The molecule has 0 saturated heterocycles. The fraction of sp³-hybridized carbons (Fsp3) is 0.0833. The number of rotatable bonds is 2. The minimum Gasteiger partial charge on any atom is -1.00 e. The summed E-state index contributed by atoms with van der Waals surface area (Å²) in [4.78, 5) is 24.3. The first-order valence-corrected chi connectivity index (χ1v) is 5.17. The molecule has 0 bridgehead atoms. The number of pyridine rings is 2. The molecule has 0 radical (unpaired) electrons. The van der Waals surface area contributed by atoms with Crippen LogP contribution in [-0.4, -0.2) is 21.2 Å². The Balaban J connectivity index is 0.00000180. The number of carboxylic acid groups (broad SMARTS) is 1. The number of aromatic amines is 1. The smallest absolute Gasteiger partial charge is 0.341 e. The second-order valence-electron chi connectivity index (χ2n) is 3.82. The largest absolute Gasteiger partial charge is 1.00 e. The average Bonchev–Trinajstić information content (AvgIpc) is 2.28. The Morgan fingerprint density at radius 3 is 2.68 bits per heavy atom. The zero-order chi connectivity index (χ0) is 13.3. The van der Waals surface area contributed by atoms with Crippen LogP contribution in [0.3, 0.4) is 0 Å². The summed E-state index contributed by atoms with van der Waals surface area (Å²) in [5, 5.41) is 18.6. The molecule has 7 heteroatoms. The van der Waals surface area contributed by atoms with E-state index in [4.69, 9.17) is 5.11 Å². The molecule has 0 aromatic carbocycles. The molecule has 2 heterocycles. The lowest BCUT2D eigenvalue weighted by Crippen LogP contribution is -3.00. The summed E-state index contributed by atoms with van der Waals surface area (Å²) in [6.07, 6.45) is 2.95. The summed E-state index contributed by atoms with van der Waals surface area (Å²) in [5.74, 6) is -1.36. The van der Waals surface area contributed by atoms with Gasteiger partial charge in [0, 0.05) is 17.7 Å². The SMILES string of the molecule is Cc1cc(=O)[nH]c(O)c1-[n+]1cccc(C(=O)O)c1.[Cl-]. The van der Waals surface area contributed by atoms with Gasteiger partial charge in [-0.1, -0.05) is 0 Å². The Bertz CT molecular complexity index is 655. The fourth-order valence-electron chi connectivity index (χ4n) is 1.73. The molecule has 0 aliphatic rings. The van der Waals surface area contributed by atoms with Crippen molar-refractivity contribution in [1.82, 2.24) is 4.98 Å². The lowest BCUT2D eigenvalue weighted by molar-refractivity contribution is -0.597. The molecule has 0 aliphatic heterocycles. The van der Waals surface area contributed by atoms with E-state index in [1.165, 1.54) is 22.9 Å². The highest BCUT2D eigenvalue weighted by molar-refractivity contribution is 5.86. The lowest BCUT2D eigenvalue weighted by atomic mass is 10.2. The van der Waals surface area contributed by atoms with E-state index in [0.29, 0.717) is 11.3 Å². The molecule has 0 aliphatic carbocycles. The molecule has 3 N–H and O–H groups in total. The molecular weight excluding hydrogens is 272 g/mol. The molecule has 2 aromatic heterocycles. The van der Waals surface area contributed by atoms with Gasteiger partial charge in [-0.05, 0) is 13.0 Å². The summed E-state index contributed by atoms with van der Waals surface area (Å²) < 4.78 is 1.45. The molecule has 6 nitrogen and oxygen atoms in total. The van der Waals surface area contributed by atoms with E-state index < -0.39 is 11.5 Å². The Labute approximate surface area is 114 Å². The normalized spacial score (nSPS) is 9.74. The highest BCUT2D eigenvalue weighted by Crippen LogP contribution is 2.15. The first-order valence-electron chi connectivity index (χ1n) is 5.17. The van der Waals surface area contributed by atoms with Gasteiger partial charge >= 0.3 is 5.97 Å². The van der Waals surface area contributed by atoms with Gasteiger partial charge in [0.05, 0.1) is 0 Å². The van der Waals surface area contributed by atoms with Crippen LogP contribution in [0.25, 0.3) is 5.69 Å². The summed E-state index contributed by atoms with van der Waals surface area (Å²) in [6.45, 7) is 1.66. The van der Waals surface area contributed by atoms with Crippen LogP contribution in [0.1, 0.15) is 15.9 Å². The summed E-state index contributed by atoms with van der Waals surface area (Å²) >= 11 is 0. The third kappa shape index (κ3) is 2.92. The number of aromatic hydroxyl groups is 1. The van der Waals surface area contributed by atoms with Crippen LogP contribution in [0.4, 0.5) is 0 Å². The number of aryl methyl sites for hydroxylation is 1. The Hall–Kier alpha value is -2.34. The van der Waals surface area contributed by atoms with Crippen molar-refractivity contribution in [3.63, 3.8) is 0 Å². The highest BCUT2D eigenvalue weighted by atomic mass is 35.5. The molecule has 100 valence electrons. The van der Waals surface area contributed by atoms with Gasteiger partial charge in [0.2, 0.25) is 0 Å². The predicted molar refractivity (Wildman–Crippen MR) is 62.0 cm³/mol. The van der Waals surface area contributed by atoms with Gasteiger partial charge in [0.1, 0.15) is 5.56 Å². The minimum absolute atomic E-state index is 0. The van der Waals surface area contributed by atoms with Gasteiger partial charge in [-0.2, -0.15) is 4.57 Å². The van der Waals surface area contributed by atoms with Crippen LogP contribution < -0.4 is 22.5 Å². The zero-order valence-electron chi connectivity index (χ0n) is 9.92. The molecule has 2 rings (SSSR count). The molecule has 0 amide bonds. The van der Waals surface area contributed by atoms with Crippen molar-refractivity contribution in [3.05, 3.63) is 52.1 Å². The van der Waals surface area contributed by atoms with Gasteiger partial charge in [-0.3, -0.25) is 9.78 Å². The number of H-pyrrole nitrogens is 1. The zero-order valence-corrected chi connectivity index (χ0v) is 10.7. The van der Waals surface area contributed by atoms with Crippen LogP contribution >= 0.6 is 0 Å². The van der Waals surface area contributed by atoms with E-state index in [9.17, 15) is 14.7 Å². The minimum atomic E-state index is -1.06. The number of halogens is 1. The third-order valence-electron chi connectivity index (χ3n) is 2.49. The van der Waals surface area contributed by atoms with Gasteiger partial charge in [-0.25, -0.2) is 4.79 Å². The topological polar surface area (TPSA) is 94.3 Å². The summed E-state index contributed by atoms with van der Waals surface area (Å²) in [7, 11) is 0. The first kappa shape index (κ1) is 14.7. The Morgan fingerprint density at radius 1 is 1.42 bits per heavy atom. The van der Waals surface area contributed by atoms with E-state index in [0.717, 1.165) is 0 Å². The fourth-order valence-corrected chi connectivity index (χ4v) is 1.73. The maximum atomic E-state index is 11.2. The van der Waals surface area contributed by atoms with Crippen molar-refractivity contribution in [2.45, 2.75) is 6.92 Å². The molecule has 0 spiro atoms. The number of hydrogen-bond donors (Lipinski definition) is 3. The van der Waals surface area contributed by atoms with Gasteiger partial charge in [-0.15, -0.1) is 0 Å². The maximum absolute atomic E-state index is 11.2. The van der Waals surface area contributed by atoms with Gasteiger partial charge in [0.25, 0.3) is 17.1 Å². The molecular formula is C12H11ClN2O4. The molecule has 0 unspecified atom stereocenters. The van der Waals surface area contributed by atoms with Crippen LogP contribution in [0.15, 0.2) is 35.4 Å². The molecule has 2 aromatic rings. The molecule has 19 heavy (non-hydrogen) atoms. The summed E-state index contributed by atoms with van der Waals surface area (Å²) in [6, 6.07) is 4.32. The van der Waals surface area contributed by atoms with E-state index in [-0.39, 0.29) is 23.9 Å². The van der Waals surface area contributed by atoms with E-state index >= 15 is 0 Å². The summed E-state index contributed by atoms with van der Waals surface area (Å²) in [5.41, 5.74) is 0.563. The molecule has 0 fully saturated rings. The van der Waals surface area contributed by atoms with Crippen molar-refractivity contribution >= 4 is 5.97 Å². The number of carboxylic acids is 1. The van der Waals surface area contributed by atoms with Crippen LogP contribution in [0.2, 0.25) is 0 Å². The van der Waals surface area contributed by atoms with Gasteiger partial charge in [0.15, 0.2) is 12.4 Å². The Kier molecular flexibility index (Phi) is 4.29. The lowest BCUT2D eigenvalue weighted by Gasteiger charge is -2.02. The van der Waals surface area contributed by atoms with Crippen molar-refractivity contribution < 1.29 is 32.0 Å². The number of carbonyl (C=O) groups is 1. The maximum Gasteiger partial charge on any atom is 0.341 e. The van der Waals surface area contributed by atoms with Crippen molar-refractivity contribution in [3.8, 4) is 11.6 Å². The number of nitrogens with one attached hydrogen (secondary N) is 1.